The van der Waals surface area contributed by atoms with E-state index in [-0.39, 0.29) is 18.0 Å². The van der Waals surface area contributed by atoms with Crippen LogP contribution in [0.25, 0.3) is 0 Å². The number of amides is 3. The maximum Gasteiger partial charge on any atom is 0.319 e. The number of anilines is 2. The van der Waals surface area contributed by atoms with Crippen LogP contribution in [0.1, 0.15) is 36.4 Å². The van der Waals surface area contributed by atoms with Crippen LogP contribution < -0.4 is 21.7 Å². The molecular formula is C16H20N6O2S. The van der Waals surface area contributed by atoms with Gasteiger partial charge >= 0.3 is 6.03 Å². The third-order valence-electron chi connectivity index (χ3n) is 3.69. The van der Waals surface area contributed by atoms with Gasteiger partial charge in [-0.2, -0.15) is 0 Å². The zero-order chi connectivity index (χ0) is 17.8. The van der Waals surface area contributed by atoms with E-state index in [2.05, 4.69) is 26.1 Å². The normalized spacial score (nSPS) is 14.6. The van der Waals surface area contributed by atoms with Crippen LogP contribution in [0.4, 0.5) is 15.6 Å². The zero-order valence-corrected chi connectivity index (χ0v) is 14.6. The smallest absolute Gasteiger partial charge is 0.319 e. The number of rotatable bonds is 6. The number of nitrogens with zero attached hydrogens (tertiary/aromatic N) is 2. The van der Waals surface area contributed by atoms with E-state index < -0.39 is 0 Å². The summed E-state index contributed by atoms with van der Waals surface area (Å²) < 4.78 is 0. The van der Waals surface area contributed by atoms with Gasteiger partial charge in [0.1, 0.15) is 5.01 Å². The number of carbonyl (C=O) groups is 2. The molecule has 1 saturated carbocycles. The Hall–Kier alpha value is -2.68. The molecular weight excluding hydrogens is 340 g/mol. The van der Waals surface area contributed by atoms with Crippen LogP contribution in [0.15, 0.2) is 24.3 Å². The number of urea groups is 1. The predicted octanol–water partition coefficient (Wildman–Crippen LogP) is 1.82. The maximum absolute atomic E-state index is 12.0. The number of nitrogens with one attached hydrogen (secondary N) is 3. The van der Waals surface area contributed by atoms with Crippen molar-refractivity contribution in [2.45, 2.75) is 38.3 Å². The van der Waals surface area contributed by atoms with Gasteiger partial charge in [-0.3, -0.25) is 4.79 Å². The summed E-state index contributed by atoms with van der Waals surface area (Å²) in [4.78, 5) is 23.8. The van der Waals surface area contributed by atoms with Crippen molar-refractivity contribution in [1.29, 1.82) is 0 Å². The fourth-order valence-electron chi connectivity index (χ4n) is 2.24. The van der Waals surface area contributed by atoms with Crippen molar-refractivity contribution in [3.8, 4) is 0 Å². The van der Waals surface area contributed by atoms with E-state index in [1.807, 2.05) is 12.1 Å². The molecule has 1 heterocycles. The second-order valence-corrected chi connectivity index (χ2v) is 7.05. The maximum atomic E-state index is 12.0. The van der Waals surface area contributed by atoms with E-state index in [1.54, 1.807) is 19.1 Å². The summed E-state index contributed by atoms with van der Waals surface area (Å²) in [6.07, 6.45) is 2.50. The van der Waals surface area contributed by atoms with Crippen LogP contribution in [0.5, 0.6) is 0 Å². The molecule has 8 nitrogen and oxygen atoms in total. The van der Waals surface area contributed by atoms with Crippen molar-refractivity contribution in [1.82, 2.24) is 20.8 Å². The zero-order valence-electron chi connectivity index (χ0n) is 13.8. The number of hydrogen-bond donors (Lipinski definition) is 4. The summed E-state index contributed by atoms with van der Waals surface area (Å²) in [5.41, 5.74) is 7.09. The predicted molar refractivity (Wildman–Crippen MR) is 96.2 cm³/mol. The van der Waals surface area contributed by atoms with Gasteiger partial charge in [0.15, 0.2) is 0 Å². The lowest BCUT2D eigenvalue weighted by atomic mass is 10.1. The third-order valence-corrected chi connectivity index (χ3v) is 4.63. The molecule has 132 valence electrons. The minimum atomic E-state index is -0.347. The van der Waals surface area contributed by atoms with Gasteiger partial charge in [-0.25, -0.2) is 4.79 Å². The highest BCUT2D eigenvalue weighted by atomic mass is 32.1. The number of benzene rings is 1. The molecule has 1 aromatic carbocycles. The summed E-state index contributed by atoms with van der Waals surface area (Å²) in [6, 6.07) is 6.93. The highest BCUT2D eigenvalue weighted by molar-refractivity contribution is 7.15. The lowest BCUT2D eigenvalue weighted by Crippen LogP contribution is -2.31. The first kappa shape index (κ1) is 17.2. The van der Waals surface area contributed by atoms with Crippen molar-refractivity contribution in [3.05, 3.63) is 34.8 Å². The molecule has 2 aromatic rings. The summed E-state index contributed by atoms with van der Waals surface area (Å²) in [6.45, 7) is 1.81. The number of aromatic nitrogens is 2. The van der Waals surface area contributed by atoms with Crippen LogP contribution >= 0.6 is 11.3 Å². The topological polar surface area (TPSA) is 122 Å². The molecule has 1 atom stereocenters. The van der Waals surface area contributed by atoms with Gasteiger partial charge in [0, 0.05) is 11.7 Å². The minimum absolute atomic E-state index is 0.0334. The molecule has 5 N–H and O–H groups in total. The van der Waals surface area contributed by atoms with E-state index in [0.717, 1.165) is 18.4 Å². The highest BCUT2D eigenvalue weighted by Crippen LogP contribution is 2.20. The SMILES string of the molecule is CC(NC(=O)Nc1ccc(CC(=O)NC2CC2)cc1)c1nnc(N)s1. The first-order chi connectivity index (χ1) is 12.0. The molecule has 0 bridgehead atoms. The summed E-state index contributed by atoms with van der Waals surface area (Å²) in [5, 5.41) is 17.1. The third kappa shape index (κ3) is 5.15. The fraction of sp³-hybridized carbons (Fsp3) is 0.375. The minimum Gasteiger partial charge on any atom is -0.374 e. The molecule has 1 aromatic heterocycles. The number of nitrogens with two attached hydrogens (primary N) is 1. The fourth-order valence-corrected chi connectivity index (χ4v) is 2.86. The van der Waals surface area contributed by atoms with Crippen molar-refractivity contribution < 1.29 is 9.59 Å². The van der Waals surface area contributed by atoms with Gasteiger partial charge in [-0.05, 0) is 37.5 Å². The van der Waals surface area contributed by atoms with Crippen molar-refractivity contribution >= 4 is 34.1 Å². The van der Waals surface area contributed by atoms with Gasteiger partial charge in [0.2, 0.25) is 11.0 Å². The van der Waals surface area contributed by atoms with Crippen molar-refractivity contribution in [2.24, 2.45) is 0 Å². The average molecular weight is 360 g/mol. The largest absolute Gasteiger partial charge is 0.374 e. The Morgan fingerprint density at radius 3 is 2.60 bits per heavy atom. The van der Waals surface area contributed by atoms with Crippen LogP contribution in [0.2, 0.25) is 0 Å². The Morgan fingerprint density at radius 2 is 2.00 bits per heavy atom. The van der Waals surface area contributed by atoms with Gasteiger partial charge in [0.05, 0.1) is 12.5 Å². The monoisotopic (exact) mass is 360 g/mol. The Morgan fingerprint density at radius 1 is 1.28 bits per heavy atom. The molecule has 1 aliphatic rings. The lowest BCUT2D eigenvalue weighted by Gasteiger charge is -2.12. The molecule has 25 heavy (non-hydrogen) atoms. The first-order valence-electron chi connectivity index (χ1n) is 8.04. The average Bonchev–Trinajstić information content (AvgIpc) is 3.26. The lowest BCUT2D eigenvalue weighted by molar-refractivity contribution is -0.120. The highest BCUT2D eigenvalue weighted by Gasteiger charge is 2.23. The van der Waals surface area contributed by atoms with Gasteiger partial charge in [-0.1, -0.05) is 23.5 Å². The molecule has 1 unspecified atom stereocenters. The second kappa shape index (κ2) is 7.47. The van der Waals surface area contributed by atoms with Crippen molar-refractivity contribution in [2.75, 3.05) is 11.1 Å². The van der Waals surface area contributed by atoms with E-state index >= 15 is 0 Å². The standard InChI is InChI=1S/C16H20N6O2S/c1-9(14-21-22-15(17)25-14)18-16(24)20-12-4-2-10(3-5-12)8-13(23)19-11-6-7-11/h2-5,9,11H,6-8H2,1H3,(H2,17,22)(H,19,23)(H2,18,20,24). The molecule has 3 amide bonds. The molecule has 0 aliphatic heterocycles. The van der Waals surface area contributed by atoms with Crippen LogP contribution in [-0.4, -0.2) is 28.2 Å². The first-order valence-corrected chi connectivity index (χ1v) is 8.86. The van der Waals surface area contributed by atoms with Crippen molar-refractivity contribution in [3.63, 3.8) is 0 Å². The number of hydrogen-bond acceptors (Lipinski definition) is 6. The quantitative estimate of drug-likeness (QED) is 0.626. The molecule has 1 fully saturated rings. The van der Waals surface area contributed by atoms with Gasteiger partial charge in [0.25, 0.3) is 0 Å². The van der Waals surface area contributed by atoms with Gasteiger partial charge in [-0.15, -0.1) is 10.2 Å². The van der Waals surface area contributed by atoms with Crippen LogP contribution in [0, 0.1) is 0 Å². The second-order valence-electron chi connectivity index (χ2n) is 6.01. The Bertz CT molecular complexity index is 756. The number of carbonyl (C=O) groups excluding carboxylic acids is 2. The summed E-state index contributed by atoms with van der Waals surface area (Å²) >= 11 is 1.24. The Labute approximate surface area is 149 Å². The molecule has 0 saturated heterocycles. The van der Waals surface area contributed by atoms with Crippen LogP contribution in [-0.2, 0) is 11.2 Å². The molecule has 3 rings (SSSR count). The van der Waals surface area contributed by atoms with E-state index in [1.165, 1.54) is 11.3 Å². The molecule has 9 heteroatoms. The molecule has 0 radical (unpaired) electrons. The summed E-state index contributed by atoms with van der Waals surface area (Å²) in [7, 11) is 0. The van der Waals surface area contributed by atoms with Gasteiger partial charge < -0.3 is 21.7 Å². The molecule has 0 spiro atoms. The van der Waals surface area contributed by atoms with E-state index in [4.69, 9.17) is 5.73 Å². The molecule has 1 aliphatic carbocycles. The Balaban J connectivity index is 1.48. The van der Waals surface area contributed by atoms with E-state index in [9.17, 15) is 9.59 Å². The van der Waals surface area contributed by atoms with E-state index in [0.29, 0.717) is 28.3 Å². The number of nitrogen functional groups attached to an aromatic ring is 1. The Kier molecular flexibility index (Phi) is 5.13. The summed E-state index contributed by atoms with van der Waals surface area (Å²) in [5.74, 6) is 0.0334. The van der Waals surface area contributed by atoms with Crippen LogP contribution in [0.3, 0.4) is 0 Å².